The number of rotatable bonds is 5. The number of nitrogens with two attached hydrogens (primary N) is 1. The van der Waals surface area contributed by atoms with Gasteiger partial charge in [-0.1, -0.05) is 0 Å². The minimum atomic E-state index is -0.417. The van der Waals surface area contributed by atoms with Crippen molar-refractivity contribution >= 4 is 5.97 Å². The Morgan fingerprint density at radius 3 is 2.56 bits per heavy atom. The van der Waals surface area contributed by atoms with Gasteiger partial charge in [-0.3, -0.25) is 4.79 Å². The Hall–Kier alpha value is -0.610. The maximum atomic E-state index is 11.4. The zero-order valence-electron chi connectivity index (χ0n) is 10.1. The van der Waals surface area contributed by atoms with Gasteiger partial charge in [0.15, 0.2) is 0 Å². The number of carbonyl (C=O) groups excluding carboxylic acids is 1. The van der Waals surface area contributed by atoms with Gasteiger partial charge in [-0.2, -0.15) is 0 Å². The molecule has 1 aliphatic carbocycles. The van der Waals surface area contributed by atoms with E-state index in [2.05, 4.69) is 4.90 Å². The third-order valence-electron chi connectivity index (χ3n) is 4.13. The van der Waals surface area contributed by atoms with E-state index in [0.717, 1.165) is 25.8 Å². The average molecular weight is 226 g/mol. The van der Waals surface area contributed by atoms with E-state index in [-0.39, 0.29) is 11.4 Å². The molecule has 4 nitrogen and oxygen atoms in total. The second-order valence-electron chi connectivity index (χ2n) is 5.16. The minimum absolute atomic E-state index is 0.0513. The van der Waals surface area contributed by atoms with Crippen LogP contribution in [0.4, 0.5) is 0 Å². The fourth-order valence-electron chi connectivity index (χ4n) is 2.64. The summed E-state index contributed by atoms with van der Waals surface area (Å²) in [6.45, 7) is 3.51. The maximum absolute atomic E-state index is 11.4. The summed E-state index contributed by atoms with van der Waals surface area (Å²) < 4.78 is 4.73. The standard InChI is InChI=1S/C12H22N2O2/c1-16-11(15)10(13)12(4-5-12)6-9-14-7-2-3-8-14/h10H,2-9,13H2,1H3. The number of hydrogen-bond acceptors (Lipinski definition) is 4. The zero-order valence-corrected chi connectivity index (χ0v) is 10.1. The summed E-state index contributed by atoms with van der Waals surface area (Å²) in [5.74, 6) is -0.251. The van der Waals surface area contributed by atoms with E-state index < -0.39 is 6.04 Å². The van der Waals surface area contributed by atoms with Crippen molar-refractivity contribution in [1.29, 1.82) is 0 Å². The lowest BCUT2D eigenvalue weighted by molar-refractivity contribution is -0.144. The van der Waals surface area contributed by atoms with Crippen LogP contribution < -0.4 is 5.73 Å². The van der Waals surface area contributed by atoms with Crippen LogP contribution in [0.3, 0.4) is 0 Å². The van der Waals surface area contributed by atoms with Crippen molar-refractivity contribution in [3.8, 4) is 0 Å². The van der Waals surface area contributed by atoms with Gasteiger partial charge in [0.25, 0.3) is 0 Å². The zero-order chi connectivity index (χ0) is 11.6. The molecule has 0 bridgehead atoms. The van der Waals surface area contributed by atoms with Crippen molar-refractivity contribution in [2.24, 2.45) is 11.1 Å². The summed E-state index contributed by atoms with van der Waals surface area (Å²) in [6.07, 6.45) is 5.84. The van der Waals surface area contributed by atoms with Gasteiger partial charge < -0.3 is 15.4 Å². The number of ether oxygens (including phenoxy) is 1. The summed E-state index contributed by atoms with van der Waals surface area (Å²) in [4.78, 5) is 13.9. The maximum Gasteiger partial charge on any atom is 0.323 e. The molecule has 1 saturated carbocycles. The number of esters is 1. The van der Waals surface area contributed by atoms with E-state index in [0.29, 0.717) is 0 Å². The molecule has 4 heteroatoms. The SMILES string of the molecule is COC(=O)C(N)C1(CCN2CCCC2)CC1. The minimum Gasteiger partial charge on any atom is -0.468 e. The molecule has 0 aromatic heterocycles. The van der Waals surface area contributed by atoms with E-state index in [4.69, 9.17) is 10.5 Å². The summed E-state index contributed by atoms with van der Waals surface area (Å²) in [7, 11) is 1.42. The van der Waals surface area contributed by atoms with Gasteiger partial charge >= 0.3 is 5.97 Å². The Morgan fingerprint density at radius 2 is 2.06 bits per heavy atom. The van der Waals surface area contributed by atoms with Gasteiger partial charge in [0, 0.05) is 0 Å². The van der Waals surface area contributed by atoms with Gasteiger partial charge in [0.1, 0.15) is 6.04 Å². The Balaban J connectivity index is 1.81. The van der Waals surface area contributed by atoms with Gasteiger partial charge in [-0.25, -0.2) is 0 Å². The van der Waals surface area contributed by atoms with E-state index in [1.807, 2.05) is 0 Å². The summed E-state index contributed by atoms with van der Waals surface area (Å²) in [5.41, 5.74) is 6.01. The molecule has 1 aliphatic heterocycles. The van der Waals surface area contributed by atoms with Crippen LogP contribution in [0.2, 0.25) is 0 Å². The van der Waals surface area contributed by atoms with Crippen LogP contribution in [0.15, 0.2) is 0 Å². The van der Waals surface area contributed by atoms with Crippen molar-refractivity contribution < 1.29 is 9.53 Å². The summed E-state index contributed by atoms with van der Waals surface area (Å²) in [6, 6.07) is -0.417. The van der Waals surface area contributed by atoms with Gasteiger partial charge in [-0.05, 0) is 57.2 Å². The van der Waals surface area contributed by atoms with Crippen LogP contribution in [-0.4, -0.2) is 43.7 Å². The molecule has 2 N–H and O–H groups in total. The fraction of sp³-hybridized carbons (Fsp3) is 0.917. The highest BCUT2D eigenvalue weighted by atomic mass is 16.5. The van der Waals surface area contributed by atoms with Gasteiger partial charge in [0.2, 0.25) is 0 Å². The molecule has 1 atom stereocenters. The molecule has 1 heterocycles. The Kier molecular flexibility index (Phi) is 3.50. The molecule has 2 fully saturated rings. The van der Waals surface area contributed by atoms with Crippen LogP contribution in [0.25, 0.3) is 0 Å². The molecule has 0 radical (unpaired) electrons. The van der Waals surface area contributed by atoms with Crippen molar-refractivity contribution in [3.63, 3.8) is 0 Å². The van der Waals surface area contributed by atoms with Crippen LogP contribution >= 0.6 is 0 Å². The highest BCUT2D eigenvalue weighted by Crippen LogP contribution is 2.51. The second kappa shape index (κ2) is 4.72. The van der Waals surface area contributed by atoms with Crippen molar-refractivity contribution in [2.45, 2.75) is 38.1 Å². The number of hydrogen-bond donors (Lipinski definition) is 1. The number of carbonyl (C=O) groups is 1. The fourth-order valence-corrected chi connectivity index (χ4v) is 2.64. The van der Waals surface area contributed by atoms with E-state index >= 15 is 0 Å². The molecular formula is C12H22N2O2. The number of likely N-dealkylation sites (tertiary alicyclic amines) is 1. The molecule has 0 spiro atoms. The topological polar surface area (TPSA) is 55.6 Å². The third-order valence-corrected chi connectivity index (χ3v) is 4.13. The van der Waals surface area contributed by atoms with Crippen molar-refractivity contribution in [2.75, 3.05) is 26.7 Å². The van der Waals surface area contributed by atoms with E-state index in [9.17, 15) is 4.79 Å². The normalized spacial score (nSPS) is 25.4. The van der Waals surface area contributed by atoms with E-state index in [1.54, 1.807) is 0 Å². The number of methoxy groups -OCH3 is 1. The molecule has 2 aliphatic rings. The Bertz CT molecular complexity index is 258. The Morgan fingerprint density at radius 1 is 1.44 bits per heavy atom. The van der Waals surface area contributed by atoms with Gasteiger partial charge in [0.05, 0.1) is 7.11 Å². The molecule has 0 aromatic carbocycles. The number of nitrogens with zero attached hydrogens (tertiary/aromatic N) is 1. The molecule has 16 heavy (non-hydrogen) atoms. The third kappa shape index (κ3) is 2.38. The smallest absolute Gasteiger partial charge is 0.323 e. The molecule has 1 saturated heterocycles. The Labute approximate surface area is 97.1 Å². The van der Waals surface area contributed by atoms with Gasteiger partial charge in [-0.15, -0.1) is 0 Å². The lowest BCUT2D eigenvalue weighted by atomic mass is 9.93. The molecule has 2 rings (SSSR count). The largest absolute Gasteiger partial charge is 0.468 e. The first-order chi connectivity index (χ1) is 7.68. The van der Waals surface area contributed by atoms with Crippen LogP contribution in [0.1, 0.15) is 32.1 Å². The van der Waals surface area contributed by atoms with Crippen molar-refractivity contribution in [3.05, 3.63) is 0 Å². The average Bonchev–Trinajstić information content (AvgIpc) is 2.92. The quantitative estimate of drug-likeness (QED) is 0.703. The molecule has 0 aromatic rings. The van der Waals surface area contributed by atoms with E-state index in [1.165, 1.54) is 33.0 Å². The second-order valence-corrected chi connectivity index (χ2v) is 5.16. The van der Waals surface area contributed by atoms with Crippen LogP contribution in [0, 0.1) is 5.41 Å². The molecular weight excluding hydrogens is 204 g/mol. The van der Waals surface area contributed by atoms with Crippen LogP contribution in [0.5, 0.6) is 0 Å². The summed E-state index contributed by atoms with van der Waals surface area (Å²) in [5, 5.41) is 0. The van der Waals surface area contributed by atoms with Crippen molar-refractivity contribution in [1.82, 2.24) is 4.90 Å². The highest BCUT2D eigenvalue weighted by molar-refractivity contribution is 5.77. The molecule has 92 valence electrons. The first-order valence-corrected chi connectivity index (χ1v) is 6.24. The summed E-state index contributed by atoms with van der Waals surface area (Å²) >= 11 is 0. The monoisotopic (exact) mass is 226 g/mol. The molecule has 1 unspecified atom stereocenters. The molecule has 0 amide bonds. The first-order valence-electron chi connectivity index (χ1n) is 6.24. The first kappa shape index (κ1) is 11.9. The lowest BCUT2D eigenvalue weighted by Crippen LogP contribution is -2.41. The highest BCUT2D eigenvalue weighted by Gasteiger charge is 2.50. The van der Waals surface area contributed by atoms with Crippen LogP contribution in [-0.2, 0) is 9.53 Å². The predicted octanol–water partition coefficient (Wildman–Crippen LogP) is 0.753. The predicted molar refractivity (Wildman–Crippen MR) is 61.9 cm³/mol. The lowest BCUT2D eigenvalue weighted by Gasteiger charge is -2.24.